The van der Waals surface area contributed by atoms with E-state index in [4.69, 9.17) is 0 Å². The van der Waals surface area contributed by atoms with Crippen LogP contribution in [0.2, 0.25) is 0 Å². The van der Waals surface area contributed by atoms with Gasteiger partial charge in [-0.25, -0.2) is 0 Å². The van der Waals surface area contributed by atoms with Crippen LogP contribution in [0.25, 0.3) is 0 Å². The van der Waals surface area contributed by atoms with Gasteiger partial charge in [-0.15, -0.1) is 9.60 Å². The van der Waals surface area contributed by atoms with E-state index in [1.165, 1.54) is 12.8 Å². The van der Waals surface area contributed by atoms with Crippen LogP contribution in [0.3, 0.4) is 0 Å². The Kier molecular flexibility index (Phi) is 1.44. The Balaban J connectivity index is 2.11. The van der Waals surface area contributed by atoms with E-state index in [0.717, 1.165) is 30.8 Å². The Hall–Kier alpha value is -0.110. The summed E-state index contributed by atoms with van der Waals surface area (Å²) in [5.41, 5.74) is 0.0139. The van der Waals surface area contributed by atoms with Gasteiger partial charge in [0.2, 0.25) is 0 Å². The maximum absolute atomic E-state index is 13.1. The minimum absolute atomic E-state index is 0.0139. The molecule has 1 aliphatic heterocycles. The third-order valence-corrected chi connectivity index (χ3v) is 3.05. The highest BCUT2D eigenvalue weighted by Crippen LogP contribution is 2.42. The zero-order valence-electron chi connectivity index (χ0n) is 6.27. The van der Waals surface area contributed by atoms with Gasteiger partial charge < -0.3 is 0 Å². The Morgan fingerprint density at radius 1 is 1.00 bits per heavy atom. The summed E-state index contributed by atoms with van der Waals surface area (Å²) in [6.45, 7) is 0.681. The third kappa shape index (κ3) is 0.782. The van der Waals surface area contributed by atoms with Crippen LogP contribution >= 0.6 is 0 Å². The molecule has 2 rings (SSSR count). The Bertz CT molecular complexity index is 124. The Morgan fingerprint density at radius 2 is 1.60 bits per heavy atom. The van der Waals surface area contributed by atoms with Gasteiger partial charge in [0.25, 0.3) is 0 Å². The Labute approximate surface area is 61.1 Å². The third-order valence-electron chi connectivity index (χ3n) is 3.05. The highest BCUT2D eigenvalue weighted by molar-refractivity contribution is 4.95. The van der Waals surface area contributed by atoms with Crippen LogP contribution in [0.5, 0.6) is 0 Å². The molecule has 2 fully saturated rings. The molecule has 1 heterocycles. The maximum Gasteiger partial charge on any atom is 0.0513 e. The first-order valence-corrected chi connectivity index (χ1v) is 4.27. The molecular formula is C8H14FN. The quantitative estimate of drug-likeness (QED) is 0.470. The average molecular weight is 143 g/mol. The van der Waals surface area contributed by atoms with Gasteiger partial charge in [0.05, 0.1) is 5.54 Å². The first kappa shape index (κ1) is 6.59. The molecule has 0 N–H and O–H groups in total. The molecule has 0 unspecified atom stereocenters. The molecule has 0 aromatic heterocycles. The number of hydrogen-bond acceptors (Lipinski definition) is 1. The van der Waals surface area contributed by atoms with E-state index < -0.39 is 0 Å². The van der Waals surface area contributed by atoms with Crippen molar-refractivity contribution in [1.29, 1.82) is 0 Å². The molecule has 0 amide bonds. The van der Waals surface area contributed by atoms with Crippen LogP contribution in [0.1, 0.15) is 38.5 Å². The second-order valence-electron chi connectivity index (χ2n) is 3.62. The molecule has 0 bridgehead atoms. The fraction of sp³-hybridized carbons (Fsp3) is 1.00. The van der Waals surface area contributed by atoms with Crippen molar-refractivity contribution in [2.75, 3.05) is 6.54 Å². The first-order chi connectivity index (χ1) is 4.83. The molecule has 1 nitrogen and oxygen atoms in total. The number of rotatable bonds is 0. The average Bonchev–Trinajstić information content (AvgIpc) is 2.48. The lowest BCUT2D eigenvalue weighted by Crippen LogP contribution is -2.35. The molecule has 1 saturated carbocycles. The van der Waals surface area contributed by atoms with Crippen molar-refractivity contribution in [3.05, 3.63) is 0 Å². The van der Waals surface area contributed by atoms with E-state index in [0.29, 0.717) is 6.54 Å². The SMILES string of the molecule is FN1CCCC12CCCC2. The number of nitrogens with zero attached hydrogens (tertiary/aromatic N) is 1. The first-order valence-electron chi connectivity index (χ1n) is 4.27. The summed E-state index contributed by atoms with van der Waals surface area (Å²) in [7, 11) is 0. The summed E-state index contributed by atoms with van der Waals surface area (Å²) < 4.78 is 13.1. The minimum Gasteiger partial charge on any atom is -0.140 e. The number of halogens is 1. The van der Waals surface area contributed by atoms with Crippen molar-refractivity contribution in [2.24, 2.45) is 0 Å². The van der Waals surface area contributed by atoms with Crippen molar-refractivity contribution >= 4 is 0 Å². The smallest absolute Gasteiger partial charge is 0.0513 e. The molecule has 0 atom stereocenters. The molecule has 2 aliphatic rings. The lowest BCUT2D eigenvalue weighted by atomic mass is 9.96. The predicted molar refractivity (Wildman–Crippen MR) is 38.2 cm³/mol. The fourth-order valence-electron chi connectivity index (χ4n) is 2.43. The molecule has 0 aromatic rings. The van der Waals surface area contributed by atoms with Crippen molar-refractivity contribution in [3.63, 3.8) is 0 Å². The molecule has 10 heavy (non-hydrogen) atoms. The Morgan fingerprint density at radius 3 is 2.10 bits per heavy atom. The van der Waals surface area contributed by atoms with Gasteiger partial charge >= 0.3 is 0 Å². The monoisotopic (exact) mass is 143 g/mol. The summed E-state index contributed by atoms with van der Waals surface area (Å²) in [6.07, 6.45) is 6.84. The van der Waals surface area contributed by atoms with Gasteiger partial charge in [0.15, 0.2) is 0 Å². The molecule has 1 spiro atoms. The standard InChI is InChI=1S/C8H14FN/c9-10-7-3-6-8(10)4-1-2-5-8/h1-7H2. The second kappa shape index (κ2) is 2.19. The van der Waals surface area contributed by atoms with E-state index >= 15 is 0 Å². The van der Waals surface area contributed by atoms with Crippen LogP contribution in [0, 0.1) is 0 Å². The van der Waals surface area contributed by atoms with Crippen LogP contribution < -0.4 is 0 Å². The van der Waals surface area contributed by atoms with Gasteiger partial charge in [-0.1, -0.05) is 12.8 Å². The summed E-state index contributed by atoms with van der Waals surface area (Å²) in [5.74, 6) is 0. The fourth-order valence-corrected chi connectivity index (χ4v) is 2.43. The zero-order chi connectivity index (χ0) is 7.03. The van der Waals surface area contributed by atoms with E-state index in [1.54, 1.807) is 0 Å². The largest absolute Gasteiger partial charge is 0.140 e. The molecule has 1 saturated heterocycles. The van der Waals surface area contributed by atoms with Crippen LogP contribution in [-0.2, 0) is 0 Å². The summed E-state index contributed by atoms with van der Waals surface area (Å²) in [4.78, 5) is 0. The second-order valence-corrected chi connectivity index (χ2v) is 3.62. The topological polar surface area (TPSA) is 3.24 Å². The highest BCUT2D eigenvalue weighted by Gasteiger charge is 2.43. The summed E-state index contributed by atoms with van der Waals surface area (Å²) >= 11 is 0. The molecule has 0 aromatic carbocycles. The van der Waals surface area contributed by atoms with Gasteiger partial charge in [-0.2, -0.15) is 0 Å². The van der Waals surface area contributed by atoms with Crippen LogP contribution in [-0.4, -0.2) is 17.2 Å². The lowest BCUT2D eigenvalue weighted by Gasteiger charge is -2.26. The summed E-state index contributed by atoms with van der Waals surface area (Å²) in [5, 5.41) is 1.10. The van der Waals surface area contributed by atoms with Crippen molar-refractivity contribution < 1.29 is 4.48 Å². The van der Waals surface area contributed by atoms with E-state index in [2.05, 4.69) is 0 Å². The van der Waals surface area contributed by atoms with E-state index in [-0.39, 0.29) is 5.54 Å². The van der Waals surface area contributed by atoms with E-state index in [9.17, 15) is 4.48 Å². The highest BCUT2D eigenvalue weighted by atomic mass is 19.2. The molecule has 2 heteroatoms. The van der Waals surface area contributed by atoms with Gasteiger partial charge in [0.1, 0.15) is 0 Å². The molecule has 1 aliphatic carbocycles. The minimum atomic E-state index is 0.0139. The van der Waals surface area contributed by atoms with Gasteiger partial charge in [0, 0.05) is 6.54 Å². The predicted octanol–water partition coefficient (Wildman–Crippen LogP) is 2.28. The summed E-state index contributed by atoms with van der Waals surface area (Å²) in [6, 6.07) is 0. The number of hydrogen-bond donors (Lipinski definition) is 0. The van der Waals surface area contributed by atoms with Crippen LogP contribution in [0.15, 0.2) is 0 Å². The van der Waals surface area contributed by atoms with Crippen molar-refractivity contribution in [3.8, 4) is 0 Å². The van der Waals surface area contributed by atoms with Gasteiger partial charge in [-0.3, -0.25) is 0 Å². The maximum atomic E-state index is 13.1. The molecule has 58 valence electrons. The van der Waals surface area contributed by atoms with Crippen molar-refractivity contribution in [1.82, 2.24) is 5.12 Å². The van der Waals surface area contributed by atoms with Crippen LogP contribution in [0.4, 0.5) is 4.48 Å². The van der Waals surface area contributed by atoms with Crippen molar-refractivity contribution in [2.45, 2.75) is 44.1 Å². The molecular weight excluding hydrogens is 129 g/mol. The zero-order valence-corrected chi connectivity index (χ0v) is 6.27. The normalized spacial score (nSPS) is 32.1. The molecule has 0 radical (unpaired) electrons. The lowest BCUT2D eigenvalue weighted by molar-refractivity contribution is -0.0489. The van der Waals surface area contributed by atoms with E-state index in [1.807, 2.05) is 0 Å². The van der Waals surface area contributed by atoms with Gasteiger partial charge in [-0.05, 0) is 25.7 Å².